The molecule has 5 nitrogen and oxygen atoms in total. The minimum Gasteiger partial charge on any atom is -0.411 e. The number of amides is 1. The Morgan fingerprint density at radius 2 is 2.08 bits per heavy atom. The summed E-state index contributed by atoms with van der Waals surface area (Å²) in [5.41, 5.74) is 1.62. The molecule has 1 aromatic heterocycles. The summed E-state index contributed by atoms with van der Waals surface area (Å²) >= 11 is 7.07. The Morgan fingerprint density at radius 3 is 2.81 bits per heavy atom. The van der Waals surface area contributed by atoms with Crippen molar-refractivity contribution in [2.45, 2.75) is 24.3 Å². The van der Waals surface area contributed by atoms with Crippen LogP contribution in [0.3, 0.4) is 0 Å². The molecule has 1 amide bonds. The number of hydrogen-bond donors (Lipinski definition) is 1. The van der Waals surface area contributed by atoms with E-state index in [1.165, 1.54) is 6.07 Å². The number of thioether (sulfide) groups is 1. The molecule has 1 unspecified atom stereocenters. The minimum absolute atomic E-state index is 0.262. The van der Waals surface area contributed by atoms with Gasteiger partial charge in [0.25, 0.3) is 5.22 Å². The predicted molar refractivity (Wildman–Crippen MR) is 99.8 cm³/mol. The second-order valence-electron chi connectivity index (χ2n) is 5.60. The number of carbonyl (C=O) groups excluding carboxylic acids is 1. The molecule has 1 heterocycles. The molecule has 0 aliphatic heterocycles. The molecular weight excluding hydrogens is 377 g/mol. The number of aryl methyl sites for hydroxylation is 1. The first-order valence-electron chi connectivity index (χ1n) is 7.75. The van der Waals surface area contributed by atoms with Gasteiger partial charge in [-0.1, -0.05) is 35.5 Å². The zero-order valence-electron chi connectivity index (χ0n) is 14.0. The van der Waals surface area contributed by atoms with Gasteiger partial charge < -0.3 is 9.73 Å². The highest BCUT2D eigenvalue weighted by Gasteiger charge is 2.19. The molecule has 1 atom stereocenters. The van der Waals surface area contributed by atoms with Gasteiger partial charge in [0.15, 0.2) is 0 Å². The zero-order valence-corrected chi connectivity index (χ0v) is 15.6. The van der Waals surface area contributed by atoms with Crippen molar-refractivity contribution < 1.29 is 13.6 Å². The van der Waals surface area contributed by atoms with Gasteiger partial charge in [-0.3, -0.25) is 4.79 Å². The maximum absolute atomic E-state index is 13.6. The lowest BCUT2D eigenvalue weighted by molar-refractivity contribution is -0.115. The number of nitrogens with zero attached hydrogens (tertiary/aromatic N) is 2. The summed E-state index contributed by atoms with van der Waals surface area (Å²) in [5.74, 6) is -0.338. The molecule has 3 aromatic rings. The van der Waals surface area contributed by atoms with E-state index in [1.807, 2.05) is 0 Å². The van der Waals surface area contributed by atoms with Crippen molar-refractivity contribution in [3.05, 3.63) is 58.9 Å². The summed E-state index contributed by atoms with van der Waals surface area (Å²) in [4.78, 5) is 12.3. The van der Waals surface area contributed by atoms with Crippen LogP contribution in [0.25, 0.3) is 11.5 Å². The molecule has 0 bridgehead atoms. The van der Waals surface area contributed by atoms with Crippen molar-refractivity contribution in [1.82, 2.24) is 10.2 Å². The summed E-state index contributed by atoms with van der Waals surface area (Å²) in [6.45, 7) is 3.36. The molecule has 0 radical (unpaired) electrons. The number of hydrogen-bond acceptors (Lipinski definition) is 5. The van der Waals surface area contributed by atoms with Crippen LogP contribution in [-0.2, 0) is 4.79 Å². The smallest absolute Gasteiger partial charge is 0.277 e. The second-order valence-corrected chi connectivity index (χ2v) is 7.33. The third-order valence-corrected chi connectivity index (χ3v) is 4.73. The van der Waals surface area contributed by atoms with Gasteiger partial charge in [-0.2, -0.15) is 0 Å². The quantitative estimate of drug-likeness (QED) is 0.623. The molecule has 0 saturated carbocycles. The molecule has 8 heteroatoms. The van der Waals surface area contributed by atoms with Gasteiger partial charge in [0.1, 0.15) is 5.82 Å². The second kappa shape index (κ2) is 7.88. The van der Waals surface area contributed by atoms with Gasteiger partial charge in [0.05, 0.1) is 5.25 Å². The molecule has 0 spiro atoms. The molecule has 3 rings (SSSR count). The first-order valence-corrected chi connectivity index (χ1v) is 9.01. The van der Waals surface area contributed by atoms with Gasteiger partial charge in [0, 0.05) is 16.3 Å². The zero-order chi connectivity index (χ0) is 18.7. The summed E-state index contributed by atoms with van der Waals surface area (Å²) < 4.78 is 19.1. The van der Waals surface area contributed by atoms with Crippen LogP contribution in [0.5, 0.6) is 0 Å². The Labute approximate surface area is 159 Å². The van der Waals surface area contributed by atoms with E-state index in [2.05, 4.69) is 15.5 Å². The van der Waals surface area contributed by atoms with Gasteiger partial charge >= 0.3 is 0 Å². The number of halogens is 2. The molecule has 26 heavy (non-hydrogen) atoms. The predicted octanol–water partition coefficient (Wildman–Crippen LogP) is 4.96. The van der Waals surface area contributed by atoms with Gasteiger partial charge in [-0.05, 0) is 49.7 Å². The van der Waals surface area contributed by atoms with Gasteiger partial charge in [-0.25, -0.2) is 4.39 Å². The monoisotopic (exact) mass is 391 g/mol. The molecule has 1 N–H and O–H groups in total. The first kappa shape index (κ1) is 18.4. The fraction of sp³-hybridized carbons (Fsp3) is 0.167. The van der Waals surface area contributed by atoms with Gasteiger partial charge in [0.2, 0.25) is 11.8 Å². The maximum atomic E-state index is 13.6. The standard InChI is InChI=1S/C18H15ClFN3O2S/c1-10-6-7-14(9-15(10)20)21-16(24)11(2)26-18-23-22-17(25-18)12-4-3-5-13(19)8-12/h3-9,11H,1-2H3,(H,21,24). The Kier molecular flexibility index (Phi) is 5.58. The van der Waals surface area contributed by atoms with Crippen molar-refractivity contribution in [2.24, 2.45) is 0 Å². The highest BCUT2D eigenvalue weighted by molar-refractivity contribution is 8.00. The SMILES string of the molecule is Cc1ccc(NC(=O)C(C)Sc2nnc(-c3cccc(Cl)c3)o2)cc1F. The molecule has 2 aromatic carbocycles. The van der Waals surface area contributed by atoms with E-state index >= 15 is 0 Å². The lowest BCUT2D eigenvalue weighted by atomic mass is 10.2. The number of nitrogens with one attached hydrogen (secondary N) is 1. The fourth-order valence-corrected chi connectivity index (χ4v) is 2.99. The molecule has 0 fully saturated rings. The fourth-order valence-electron chi connectivity index (χ4n) is 2.11. The van der Waals surface area contributed by atoms with E-state index in [4.69, 9.17) is 16.0 Å². The van der Waals surface area contributed by atoms with Crippen LogP contribution in [0, 0.1) is 12.7 Å². The lowest BCUT2D eigenvalue weighted by Crippen LogP contribution is -2.22. The van der Waals surface area contributed by atoms with E-state index in [9.17, 15) is 9.18 Å². The third-order valence-electron chi connectivity index (χ3n) is 3.56. The van der Waals surface area contributed by atoms with Crippen LogP contribution in [0.1, 0.15) is 12.5 Å². The van der Waals surface area contributed by atoms with Crippen LogP contribution < -0.4 is 5.32 Å². The normalized spacial score (nSPS) is 12.0. The minimum atomic E-state index is -0.507. The van der Waals surface area contributed by atoms with Crippen molar-refractivity contribution >= 4 is 35.0 Å². The maximum Gasteiger partial charge on any atom is 0.277 e. The van der Waals surface area contributed by atoms with Crippen LogP contribution in [0.2, 0.25) is 5.02 Å². The van der Waals surface area contributed by atoms with Crippen molar-refractivity contribution in [1.29, 1.82) is 0 Å². The van der Waals surface area contributed by atoms with Crippen LogP contribution in [-0.4, -0.2) is 21.4 Å². The van der Waals surface area contributed by atoms with Crippen LogP contribution >= 0.6 is 23.4 Å². The van der Waals surface area contributed by atoms with Crippen molar-refractivity contribution in [3.8, 4) is 11.5 Å². The molecule has 0 aliphatic rings. The Bertz CT molecular complexity index is 948. The summed E-state index contributed by atoms with van der Waals surface area (Å²) in [7, 11) is 0. The lowest BCUT2D eigenvalue weighted by Gasteiger charge is -2.10. The van der Waals surface area contributed by atoms with E-state index in [-0.39, 0.29) is 16.9 Å². The third kappa shape index (κ3) is 4.42. The Morgan fingerprint density at radius 1 is 1.27 bits per heavy atom. The first-order chi connectivity index (χ1) is 12.4. The highest BCUT2D eigenvalue weighted by Crippen LogP contribution is 2.28. The largest absolute Gasteiger partial charge is 0.411 e. The highest BCUT2D eigenvalue weighted by atomic mass is 35.5. The molecule has 0 saturated heterocycles. The van der Waals surface area contributed by atoms with E-state index in [0.717, 1.165) is 11.8 Å². The number of aromatic nitrogens is 2. The topological polar surface area (TPSA) is 68.0 Å². The molecule has 134 valence electrons. The number of benzene rings is 2. The Hall–Kier alpha value is -2.38. The van der Waals surface area contributed by atoms with E-state index in [0.29, 0.717) is 27.7 Å². The average molecular weight is 392 g/mol. The van der Waals surface area contributed by atoms with Crippen LogP contribution in [0.15, 0.2) is 52.1 Å². The van der Waals surface area contributed by atoms with E-state index < -0.39 is 5.25 Å². The number of rotatable bonds is 5. The number of carbonyl (C=O) groups is 1. The molecule has 0 aliphatic carbocycles. The van der Waals surface area contributed by atoms with Gasteiger partial charge in [-0.15, -0.1) is 10.2 Å². The summed E-state index contributed by atoms with van der Waals surface area (Å²) in [5, 5.41) is 10.9. The van der Waals surface area contributed by atoms with Crippen molar-refractivity contribution in [3.63, 3.8) is 0 Å². The van der Waals surface area contributed by atoms with Crippen LogP contribution in [0.4, 0.5) is 10.1 Å². The summed E-state index contributed by atoms with van der Waals surface area (Å²) in [6, 6.07) is 11.6. The molecular formula is C18H15ClFN3O2S. The number of anilines is 1. The average Bonchev–Trinajstić information content (AvgIpc) is 3.06. The van der Waals surface area contributed by atoms with Crippen molar-refractivity contribution in [2.75, 3.05) is 5.32 Å². The summed E-state index contributed by atoms with van der Waals surface area (Å²) in [6.07, 6.45) is 0. The Balaban J connectivity index is 1.65. The van der Waals surface area contributed by atoms with E-state index in [1.54, 1.807) is 50.2 Å².